The third kappa shape index (κ3) is 3.75. The van der Waals surface area contributed by atoms with Gasteiger partial charge < -0.3 is 14.8 Å². The van der Waals surface area contributed by atoms with Crippen molar-refractivity contribution in [3.63, 3.8) is 0 Å². The van der Waals surface area contributed by atoms with Gasteiger partial charge in [-0.3, -0.25) is 4.79 Å². The van der Waals surface area contributed by atoms with Crippen LogP contribution in [0.4, 0.5) is 0 Å². The Morgan fingerprint density at radius 1 is 0.840 bits per heavy atom. The number of carbonyl (C=O) groups is 1. The maximum atomic E-state index is 12.5. The molecule has 1 saturated heterocycles. The first-order chi connectivity index (χ1) is 12.3. The number of fused-ring (bicyclic) bond motifs is 1. The quantitative estimate of drug-likeness (QED) is 0.933. The molecule has 2 aromatic rings. The molecule has 2 aliphatic rings. The van der Waals surface area contributed by atoms with Gasteiger partial charge in [0.2, 0.25) is 0 Å². The first kappa shape index (κ1) is 16.3. The Morgan fingerprint density at radius 2 is 1.52 bits per heavy atom. The zero-order valence-electron chi connectivity index (χ0n) is 14.2. The Hall–Kier alpha value is -2.17. The summed E-state index contributed by atoms with van der Waals surface area (Å²) in [5.41, 5.74) is 2.97. The molecule has 1 aliphatic heterocycles. The van der Waals surface area contributed by atoms with Gasteiger partial charge in [0.25, 0.3) is 5.91 Å². The van der Waals surface area contributed by atoms with E-state index in [1.165, 1.54) is 0 Å². The summed E-state index contributed by atoms with van der Waals surface area (Å²) < 4.78 is 11.5. The highest BCUT2D eigenvalue weighted by atomic mass is 16.6. The first-order valence-electron chi connectivity index (χ1n) is 8.99. The lowest BCUT2D eigenvalue weighted by Crippen LogP contribution is -2.49. The van der Waals surface area contributed by atoms with E-state index in [1.807, 2.05) is 42.5 Å². The predicted octanol–water partition coefficient (Wildman–Crippen LogP) is 3.42. The van der Waals surface area contributed by atoms with E-state index in [9.17, 15) is 4.79 Å². The molecule has 0 unspecified atom stereocenters. The summed E-state index contributed by atoms with van der Waals surface area (Å²) in [5.74, 6) is -0.0141. The molecular formula is C21H23NO3. The Morgan fingerprint density at radius 3 is 2.28 bits per heavy atom. The fourth-order valence-corrected chi connectivity index (χ4v) is 3.71. The fraction of sp³-hybridized carbons (Fsp3) is 0.381. The Labute approximate surface area is 148 Å². The lowest BCUT2D eigenvalue weighted by Gasteiger charge is -2.39. The number of nitrogens with one attached hydrogen (secondary N) is 1. The maximum absolute atomic E-state index is 12.5. The molecule has 130 valence electrons. The summed E-state index contributed by atoms with van der Waals surface area (Å²) in [6.45, 7) is 1.34. The second-order valence-corrected chi connectivity index (χ2v) is 6.75. The first-order valence-corrected chi connectivity index (χ1v) is 8.99. The smallest absolute Gasteiger partial charge is 0.251 e. The number of rotatable bonds is 3. The van der Waals surface area contributed by atoms with Gasteiger partial charge in [-0.05, 0) is 42.5 Å². The molecule has 4 heteroatoms. The van der Waals surface area contributed by atoms with Crippen LogP contribution in [0.3, 0.4) is 0 Å². The van der Waals surface area contributed by atoms with E-state index >= 15 is 0 Å². The minimum Gasteiger partial charge on any atom is -0.373 e. The lowest BCUT2D eigenvalue weighted by atomic mass is 9.89. The zero-order chi connectivity index (χ0) is 17.1. The molecule has 0 radical (unpaired) electrons. The Bertz CT molecular complexity index is 714. The van der Waals surface area contributed by atoms with Crippen molar-refractivity contribution in [2.24, 2.45) is 0 Å². The summed E-state index contributed by atoms with van der Waals surface area (Å²) >= 11 is 0. The van der Waals surface area contributed by atoms with Crippen LogP contribution in [-0.2, 0) is 9.47 Å². The van der Waals surface area contributed by atoms with E-state index in [0.29, 0.717) is 18.8 Å². The SMILES string of the molecule is O=C(N[C@@H]1CC[C@@H]2OCCO[C@@H]2C1)c1ccc(-c2ccccc2)cc1. The van der Waals surface area contributed by atoms with Gasteiger partial charge in [0.15, 0.2) is 0 Å². The third-order valence-electron chi connectivity index (χ3n) is 5.07. The normalized spacial score (nSPS) is 25.8. The van der Waals surface area contributed by atoms with Crippen LogP contribution in [0.5, 0.6) is 0 Å². The van der Waals surface area contributed by atoms with E-state index in [2.05, 4.69) is 17.4 Å². The average Bonchev–Trinajstić information content (AvgIpc) is 2.69. The monoisotopic (exact) mass is 337 g/mol. The molecule has 0 bridgehead atoms. The molecule has 1 amide bonds. The van der Waals surface area contributed by atoms with Gasteiger partial charge in [-0.2, -0.15) is 0 Å². The van der Waals surface area contributed by atoms with E-state index in [-0.39, 0.29) is 24.2 Å². The van der Waals surface area contributed by atoms with E-state index in [1.54, 1.807) is 0 Å². The molecule has 4 rings (SSSR count). The van der Waals surface area contributed by atoms with E-state index in [0.717, 1.165) is 30.4 Å². The van der Waals surface area contributed by atoms with Crippen LogP contribution >= 0.6 is 0 Å². The van der Waals surface area contributed by atoms with Crippen LogP contribution in [0, 0.1) is 0 Å². The highest BCUT2D eigenvalue weighted by Gasteiger charge is 2.34. The van der Waals surface area contributed by atoms with E-state index < -0.39 is 0 Å². The average molecular weight is 337 g/mol. The van der Waals surface area contributed by atoms with Crippen LogP contribution in [0.1, 0.15) is 29.6 Å². The number of hydrogen-bond acceptors (Lipinski definition) is 3. The van der Waals surface area contributed by atoms with Crippen molar-refractivity contribution in [3.8, 4) is 11.1 Å². The van der Waals surface area contributed by atoms with Gasteiger partial charge in [0, 0.05) is 11.6 Å². The summed E-state index contributed by atoms with van der Waals surface area (Å²) in [6.07, 6.45) is 3.04. The van der Waals surface area contributed by atoms with Crippen molar-refractivity contribution in [1.29, 1.82) is 0 Å². The molecule has 1 aliphatic carbocycles. The van der Waals surface area contributed by atoms with Crippen molar-refractivity contribution in [2.45, 2.75) is 37.5 Å². The van der Waals surface area contributed by atoms with Crippen molar-refractivity contribution in [2.75, 3.05) is 13.2 Å². The number of amides is 1. The molecule has 1 N–H and O–H groups in total. The number of benzene rings is 2. The molecule has 3 atom stereocenters. The van der Waals surface area contributed by atoms with Gasteiger partial charge in [0.1, 0.15) is 0 Å². The summed E-state index contributed by atoms with van der Waals surface area (Å²) in [5, 5.41) is 3.15. The molecule has 0 spiro atoms. The van der Waals surface area contributed by atoms with Gasteiger partial charge in [-0.15, -0.1) is 0 Å². The largest absolute Gasteiger partial charge is 0.373 e. The third-order valence-corrected chi connectivity index (χ3v) is 5.07. The van der Waals surface area contributed by atoms with Crippen LogP contribution < -0.4 is 5.32 Å². The van der Waals surface area contributed by atoms with Gasteiger partial charge >= 0.3 is 0 Å². The molecular weight excluding hydrogens is 314 g/mol. The zero-order valence-corrected chi connectivity index (χ0v) is 14.2. The Balaban J connectivity index is 1.38. The summed E-state index contributed by atoms with van der Waals surface area (Å²) in [7, 11) is 0. The Kier molecular flexibility index (Phi) is 4.81. The topological polar surface area (TPSA) is 47.6 Å². The van der Waals surface area contributed by atoms with Gasteiger partial charge in [-0.25, -0.2) is 0 Å². The standard InChI is InChI=1S/C21H23NO3/c23-21(22-18-10-11-19-20(14-18)25-13-12-24-19)17-8-6-16(7-9-17)15-4-2-1-3-5-15/h1-9,18-20H,10-14H2,(H,22,23)/t18-,19+,20-/m1/s1. The molecule has 1 heterocycles. The summed E-state index contributed by atoms with van der Waals surface area (Å²) in [4.78, 5) is 12.5. The second-order valence-electron chi connectivity index (χ2n) is 6.75. The number of hydrogen-bond donors (Lipinski definition) is 1. The highest BCUT2D eigenvalue weighted by molar-refractivity contribution is 5.94. The van der Waals surface area contributed by atoms with Crippen molar-refractivity contribution < 1.29 is 14.3 Å². The second kappa shape index (κ2) is 7.38. The van der Waals surface area contributed by atoms with Gasteiger partial charge in [-0.1, -0.05) is 42.5 Å². The predicted molar refractivity (Wildman–Crippen MR) is 96.5 cm³/mol. The number of carbonyl (C=O) groups excluding carboxylic acids is 1. The molecule has 4 nitrogen and oxygen atoms in total. The fourth-order valence-electron chi connectivity index (χ4n) is 3.71. The van der Waals surface area contributed by atoms with Crippen LogP contribution in [0.25, 0.3) is 11.1 Å². The molecule has 2 fully saturated rings. The summed E-state index contributed by atoms with van der Waals surface area (Å²) in [6, 6.07) is 18.1. The molecule has 1 saturated carbocycles. The molecule has 0 aromatic heterocycles. The highest BCUT2D eigenvalue weighted by Crippen LogP contribution is 2.27. The van der Waals surface area contributed by atoms with Crippen molar-refractivity contribution in [1.82, 2.24) is 5.32 Å². The van der Waals surface area contributed by atoms with Gasteiger partial charge in [0.05, 0.1) is 25.4 Å². The molecule has 25 heavy (non-hydrogen) atoms. The number of ether oxygens (including phenoxy) is 2. The lowest BCUT2D eigenvalue weighted by molar-refractivity contribution is -0.157. The van der Waals surface area contributed by atoms with Crippen LogP contribution in [0.2, 0.25) is 0 Å². The van der Waals surface area contributed by atoms with Crippen molar-refractivity contribution in [3.05, 3.63) is 60.2 Å². The maximum Gasteiger partial charge on any atom is 0.251 e. The van der Waals surface area contributed by atoms with E-state index in [4.69, 9.17) is 9.47 Å². The minimum absolute atomic E-state index is 0.0141. The van der Waals surface area contributed by atoms with Crippen LogP contribution in [0.15, 0.2) is 54.6 Å². The minimum atomic E-state index is -0.0141. The van der Waals surface area contributed by atoms with Crippen molar-refractivity contribution >= 4 is 5.91 Å². The molecule has 2 aromatic carbocycles. The van der Waals surface area contributed by atoms with Crippen LogP contribution in [-0.4, -0.2) is 37.4 Å².